The fraction of sp³-hybridized carbons (Fsp3) is 0.857. The van der Waals surface area contributed by atoms with Crippen LogP contribution in [0.4, 0.5) is 0 Å². The Morgan fingerprint density at radius 2 is 1.67 bits per heavy atom. The zero-order valence-electron chi connectivity index (χ0n) is 12.2. The van der Waals surface area contributed by atoms with Gasteiger partial charge in [0.05, 0.1) is 0 Å². The van der Waals surface area contributed by atoms with Gasteiger partial charge in [-0.1, -0.05) is 40.5 Å². The highest BCUT2D eigenvalue weighted by atomic mass is 16.6. The molecule has 0 amide bonds. The molecule has 0 rings (SSSR count). The second-order valence-corrected chi connectivity index (χ2v) is 5.98. The van der Waals surface area contributed by atoms with E-state index in [9.17, 15) is 9.59 Å². The lowest BCUT2D eigenvalue weighted by molar-refractivity contribution is -0.174. The third-order valence-corrected chi connectivity index (χ3v) is 3.48. The van der Waals surface area contributed by atoms with Crippen LogP contribution in [0.2, 0.25) is 0 Å². The molecule has 1 atom stereocenters. The Balaban J connectivity index is 4.67. The smallest absolute Gasteiger partial charge is 0.317 e. The average Bonchev–Trinajstić information content (AvgIpc) is 2.14. The van der Waals surface area contributed by atoms with Gasteiger partial charge in [0, 0.05) is 5.41 Å². The number of carboxylic acids is 1. The molecule has 0 saturated carbocycles. The van der Waals surface area contributed by atoms with Gasteiger partial charge in [-0.15, -0.1) is 0 Å². The number of carbonyl (C=O) groups excluding carboxylic acids is 1. The van der Waals surface area contributed by atoms with Crippen molar-refractivity contribution in [2.45, 2.75) is 72.3 Å². The van der Waals surface area contributed by atoms with E-state index in [1.165, 1.54) is 0 Å². The second kappa shape index (κ2) is 6.76. The topological polar surface area (TPSA) is 63.6 Å². The summed E-state index contributed by atoms with van der Waals surface area (Å²) in [6, 6.07) is 0. The van der Waals surface area contributed by atoms with Crippen LogP contribution in [0.25, 0.3) is 0 Å². The van der Waals surface area contributed by atoms with Gasteiger partial charge >= 0.3 is 11.9 Å². The van der Waals surface area contributed by atoms with Crippen LogP contribution >= 0.6 is 0 Å². The maximum absolute atomic E-state index is 11.5. The molecule has 18 heavy (non-hydrogen) atoms. The maximum Gasteiger partial charge on any atom is 0.317 e. The van der Waals surface area contributed by atoms with Crippen molar-refractivity contribution in [3.05, 3.63) is 0 Å². The van der Waals surface area contributed by atoms with Crippen molar-refractivity contribution in [2.24, 2.45) is 5.41 Å². The summed E-state index contributed by atoms with van der Waals surface area (Å²) in [5.74, 6) is -1.80. The molecule has 0 aromatic carbocycles. The van der Waals surface area contributed by atoms with Crippen LogP contribution in [0.3, 0.4) is 0 Å². The first kappa shape index (κ1) is 16.9. The molecule has 106 valence electrons. The van der Waals surface area contributed by atoms with E-state index in [4.69, 9.17) is 9.84 Å². The minimum atomic E-state index is -1.15. The number of unbranched alkanes of at least 4 members (excludes halogenated alkanes) is 2. The summed E-state index contributed by atoms with van der Waals surface area (Å²) in [5.41, 5.74) is -0.830. The molecule has 0 aliphatic carbocycles. The Kier molecular flexibility index (Phi) is 6.36. The highest BCUT2D eigenvalue weighted by molar-refractivity contribution is 5.90. The predicted molar refractivity (Wildman–Crippen MR) is 70.3 cm³/mol. The van der Waals surface area contributed by atoms with Gasteiger partial charge in [0.1, 0.15) is 12.0 Å². The summed E-state index contributed by atoms with van der Waals surface area (Å²) in [5, 5.41) is 8.60. The molecular formula is C14H26O4. The Labute approximate surface area is 110 Å². The lowest BCUT2D eigenvalue weighted by atomic mass is 9.74. The predicted octanol–water partition coefficient (Wildman–Crippen LogP) is 3.39. The Morgan fingerprint density at radius 3 is 2.06 bits per heavy atom. The first-order valence-corrected chi connectivity index (χ1v) is 6.56. The number of hydrogen-bond acceptors (Lipinski definition) is 3. The van der Waals surface area contributed by atoms with Gasteiger partial charge in [-0.05, 0) is 19.8 Å². The van der Waals surface area contributed by atoms with Crippen molar-refractivity contribution in [3.63, 3.8) is 0 Å². The molecule has 1 N–H and O–H groups in total. The van der Waals surface area contributed by atoms with Gasteiger partial charge in [0.15, 0.2) is 0 Å². The van der Waals surface area contributed by atoms with Crippen LogP contribution < -0.4 is 0 Å². The van der Waals surface area contributed by atoms with Crippen molar-refractivity contribution in [2.75, 3.05) is 0 Å². The van der Waals surface area contributed by atoms with Gasteiger partial charge in [-0.3, -0.25) is 9.59 Å². The van der Waals surface area contributed by atoms with Gasteiger partial charge in [0.2, 0.25) is 0 Å². The van der Waals surface area contributed by atoms with Gasteiger partial charge in [0.25, 0.3) is 0 Å². The molecule has 4 heteroatoms. The van der Waals surface area contributed by atoms with E-state index in [1.54, 1.807) is 0 Å². The largest absolute Gasteiger partial charge is 0.481 e. The second-order valence-electron chi connectivity index (χ2n) is 5.98. The van der Waals surface area contributed by atoms with E-state index >= 15 is 0 Å². The first-order valence-electron chi connectivity index (χ1n) is 6.56. The third kappa shape index (κ3) is 5.52. The van der Waals surface area contributed by atoms with Crippen LogP contribution in [0, 0.1) is 5.41 Å². The van der Waals surface area contributed by atoms with Crippen LogP contribution in [0.1, 0.15) is 66.7 Å². The fourth-order valence-corrected chi connectivity index (χ4v) is 1.70. The van der Waals surface area contributed by atoms with Gasteiger partial charge in [-0.25, -0.2) is 0 Å². The zero-order valence-corrected chi connectivity index (χ0v) is 12.2. The quantitative estimate of drug-likeness (QED) is 0.432. The molecule has 0 aliphatic heterocycles. The van der Waals surface area contributed by atoms with E-state index < -0.39 is 24.0 Å². The summed E-state index contributed by atoms with van der Waals surface area (Å²) in [7, 11) is 0. The molecule has 1 unspecified atom stereocenters. The van der Waals surface area contributed by atoms with E-state index in [0.29, 0.717) is 0 Å². The van der Waals surface area contributed by atoms with Gasteiger partial charge < -0.3 is 9.84 Å². The number of carbonyl (C=O) groups is 2. The molecule has 4 nitrogen and oxygen atoms in total. The van der Waals surface area contributed by atoms with Crippen molar-refractivity contribution in [1.82, 2.24) is 0 Å². The number of hydrogen-bond donors (Lipinski definition) is 1. The maximum atomic E-state index is 11.5. The number of ether oxygens (including phenoxy) is 1. The SMILES string of the molecule is CCCCCC(C)(OC(=O)CC(=O)O)C(C)(C)C. The molecule has 0 aromatic heterocycles. The zero-order chi connectivity index (χ0) is 14.4. The highest BCUT2D eigenvalue weighted by Crippen LogP contribution is 2.38. The molecule has 0 heterocycles. The molecule has 0 saturated heterocycles. The van der Waals surface area contributed by atoms with E-state index in [0.717, 1.165) is 25.7 Å². The van der Waals surface area contributed by atoms with Crippen LogP contribution in [-0.4, -0.2) is 22.6 Å². The molecule has 0 aromatic rings. The third-order valence-electron chi connectivity index (χ3n) is 3.48. The van der Waals surface area contributed by atoms with Crippen LogP contribution in [0.5, 0.6) is 0 Å². The van der Waals surface area contributed by atoms with Crippen molar-refractivity contribution in [1.29, 1.82) is 0 Å². The molecule has 0 bridgehead atoms. The Morgan fingerprint density at radius 1 is 1.11 bits per heavy atom. The minimum Gasteiger partial charge on any atom is -0.481 e. The fourth-order valence-electron chi connectivity index (χ4n) is 1.70. The van der Waals surface area contributed by atoms with Crippen molar-refractivity contribution >= 4 is 11.9 Å². The lowest BCUT2D eigenvalue weighted by Gasteiger charge is -2.41. The number of esters is 1. The molecule has 0 aliphatic rings. The molecular weight excluding hydrogens is 232 g/mol. The van der Waals surface area contributed by atoms with Crippen LogP contribution in [0.15, 0.2) is 0 Å². The first-order chi connectivity index (χ1) is 8.12. The van der Waals surface area contributed by atoms with Crippen molar-refractivity contribution < 1.29 is 19.4 Å². The number of carboxylic acid groups (broad SMARTS) is 1. The standard InChI is InChI=1S/C14H26O4/c1-6-7-8-9-14(5,13(2,3)4)18-12(17)10-11(15)16/h6-10H2,1-5H3,(H,15,16). The van der Waals surface area contributed by atoms with E-state index in [-0.39, 0.29) is 5.41 Å². The minimum absolute atomic E-state index is 0.213. The van der Waals surface area contributed by atoms with Crippen molar-refractivity contribution in [3.8, 4) is 0 Å². The summed E-state index contributed by atoms with van der Waals surface area (Å²) in [6.07, 6.45) is 3.35. The Hall–Kier alpha value is -1.06. The summed E-state index contributed by atoms with van der Waals surface area (Å²) in [4.78, 5) is 22.1. The number of aliphatic carboxylic acids is 1. The monoisotopic (exact) mass is 258 g/mol. The average molecular weight is 258 g/mol. The summed E-state index contributed by atoms with van der Waals surface area (Å²) >= 11 is 0. The van der Waals surface area contributed by atoms with Crippen LogP contribution in [-0.2, 0) is 14.3 Å². The molecule has 0 radical (unpaired) electrons. The number of rotatable bonds is 7. The van der Waals surface area contributed by atoms with E-state index in [1.807, 2.05) is 27.7 Å². The van der Waals surface area contributed by atoms with E-state index in [2.05, 4.69) is 6.92 Å². The molecule has 0 fully saturated rings. The summed E-state index contributed by atoms with van der Waals surface area (Å²) < 4.78 is 5.44. The van der Waals surface area contributed by atoms with Gasteiger partial charge in [-0.2, -0.15) is 0 Å². The Bertz CT molecular complexity index is 291. The lowest BCUT2D eigenvalue weighted by Crippen LogP contribution is -2.44. The summed E-state index contributed by atoms with van der Waals surface area (Å²) in [6.45, 7) is 10.0. The molecule has 0 spiro atoms. The highest BCUT2D eigenvalue weighted by Gasteiger charge is 2.40. The normalized spacial score (nSPS) is 14.9.